The lowest BCUT2D eigenvalue weighted by Crippen LogP contribution is -1.91. The second-order valence-corrected chi connectivity index (χ2v) is 4.94. The van der Waals surface area contributed by atoms with Gasteiger partial charge in [-0.3, -0.25) is 4.98 Å². The molecule has 0 bridgehead atoms. The fraction of sp³-hybridized carbons (Fsp3) is 0.0667. The van der Waals surface area contributed by atoms with Crippen LogP contribution in [-0.2, 0) is 0 Å². The maximum Gasteiger partial charge on any atom is 0.145 e. The second-order valence-electron chi connectivity index (χ2n) is 4.08. The van der Waals surface area contributed by atoms with Crippen LogP contribution in [0, 0.1) is 0 Å². The number of halogens is 1. The van der Waals surface area contributed by atoms with E-state index in [9.17, 15) is 0 Å². The molecule has 2 heterocycles. The molecule has 0 aliphatic heterocycles. The molecule has 0 saturated heterocycles. The van der Waals surface area contributed by atoms with E-state index in [-0.39, 0.29) is 0 Å². The molecule has 0 amide bonds. The van der Waals surface area contributed by atoms with Crippen molar-refractivity contribution in [3.05, 3.63) is 53.3 Å². The van der Waals surface area contributed by atoms with E-state index in [4.69, 9.17) is 4.74 Å². The van der Waals surface area contributed by atoms with Gasteiger partial charge in [0.1, 0.15) is 11.3 Å². The highest BCUT2D eigenvalue weighted by atomic mass is 79.9. The molecule has 0 spiro atoms. The fourth-order valence-electron chi connectivity index (χ4n) is 2.00. The summed E-state index contributed by atoms with van der Waals surface area (Å²) in [4.78, 5) is 8.80. The van der Waals surface area contributed by atoms with Crippen molar-refractivity contribution in [1.29, 1.82) is 0 Å². The maximum absolute atomic E-state index is 5.37. The molecule has 0 radical (unpaired) electrons. The number of rotatable bonds is 2. The predicted molar refractivity (Wildman–Crippen MR) is 79.2 cm³/mol. The van der Waals surface area contributed by atoms with E-state index >= 15 is 0 Å². The van der Waals surface area contributed by atoms with Gasteiger partial charge in [0, 0.05) is 27.8 Å². The molecule has 3 rings (SSSR count). The minimum atomic E-state index is 0.768. The summed E-state index contributed by atoms with van der Waals surface area (Å²) in [7, 11) is 1.65. The Morgan fingerprint density at radius 3 is 2.74 bits per heavy atom. The SMILES string of the molecule is COc1ccc(Br)c2ccc(-c3cccnc3)nc12. The Balaban J connectivity index is 2.26. The predicted octanol–water partition coefficient (Wildman–Crippen LogP) is 4.07. The zero-order valence-electron chi connectivity index (χ0n) is 10.3. The Hall–Kier alpha value is -1.94. The summed E-state index contributed by atoms with van der Waals surface area (Å²) < 4.78 is 6.38. The summed E-state index contributed by atoms with van der Waals surface area (Å²) >= 11 is 3.53. The van der Waals surface area contributed by atoms with Crippen LogP contribution in [0.4, 0.5) is 0 Å². The Morgan fingerprint density at radius 2 is 2.00 bits per heavy atom. The minimum Gasteiger partial charge on any atom is -0.494 e. The highest BCUT2D eigenvalue weighted by Crippen LogP contribution is 2.32. The first-order chi connectivity index (χ1) is 9.29. The lowest BCUT2D eigenvalue weighted by molar-refractivity contribution is 0.419. The maximum atomic E-state index is 5.37. The van der Waals surface area contributed by atoms with Gasteiger partial charge >= 0.3 is 0 Å². The minimum absolute atomic E-state index is 0.768. The molecule has 2 aromatic heterocycles. The van der Waals surface area contributed by atoms with E-state index < -0.39 is 0 Å². The number of ether oxygens (including phenoxy) is 1. The second kappa shape index (κ2) is 4.97. The van der Waals surface area contributed by atoms with Gasteiger partial charge in [-0.25, -0.2) is 4.98 Å². The number of nitrogens with zero attached hydrogens (tertiary/aromatic N) is 2. The zero-order chi connectivity index (χ0) is 13.2. The van der Waals surface area contributed by atoms with Crippen molar-refractivity contribution in [2.45, 2.75) is 0 Å². The van der Waals surface area contributed by atoms with Crippen LogP contribution in [0.25, 0.3) is 22.2 Å². The van der Waals surface area contributed by atoms with Crippen molar-refractivity contribution >= 4 is 26.8 Å². The zero-order valence-corrected chi connectivity index (χ0v) is 11.9. The lowest BCUT2D eigenvalue weighted by Gasteiger charge is -2.08. The first-order valence-corrected chi connectivity index (χ1v) is 6.62. The third-order valence-electron chi connectivity index (χ3n) is 2.94. The van der Waals surface area contributed by atoms with Gasteiger partial charge in [0.15, 0.2) is 0 Å². The molecule has 0 N–H and O–H groups in total. The van der Waals surface area contributed by atoms with Crippen LogP contribution in [0.3, 0.4) is 0 Å². The van der Waals surface area contributed by atoms with Gasteiger partial charge in [-0.05, 0) is 36.4 Å². The molecule has 94 valence electrons. The van der Waals surface area contributed by atoms with Gasteiger partial charge in [-0.2, -0.15) is 0 Å². The third kappa shape index (κ3) is 2.19. The third-order valence-corrected chi connectivity index (χ3v) is 3.64. The topological polar surface area (TPSA) is 35.0 Å². The van der Waals surface area contributed by atoms with Crippen LogP contribution < -0.4 is 4.74 Å². The number of hydrogen-bond donors (Lipinski definition) is 0. The van der Waals surface area contributed by atoms with Gasteiger partial charge in [0.25, 0.3) is 0 Å². The van der Waals surface area contributed by atoms with E-state index in [1.165, 1.54) is 0 Å². The Kier molecular flexibility index (Phi) is 3.17. The number of pyridine rings is 2. The summed E-state index contributed by atoms with van der Waals surface area (Å²) in [6, 6.07) is 11.8. The average Bonchev–Trinajstić information content (AvgIpc) is 2.48. The first-order valence-electron chi connectivity index (χ1n) is 5.83. The van der Waals surface area contributed by atoms with Crippen LogP contribution in [0.5, 0.6) is 5.75 Å². The lowest BCUT2D eigenvalue weighted by atomic mass is 10.1. The smallest absolute Gasteiger partial charge is 0.145 e. The molecule has 19 heavy (non-hydrogen) atoms. The van der Waals surface area contributed by atoms with E-state index in [1.54, 1.807) is 19.5 Å². The van der Waals surface area contributed by atoms with Gasteiger partial charge < -0.3 is 4.74 Å². The van der Waals surface area contributed by atoms with Crippen molar-refractivity contribution in [1.82, 2.24) is 9.97 Å². The number of fused-ring (bicyclic) bond motifs is 1. The van der Waals surface area contributed by atoms with Crippen LogP contribution in [0.1, 0.15) is 0 Å². The molecular formula is C15H11BrN2O. The summed E-state index contributed by atoms with van der Waals surface area (Å²) in [6.45, 7) is 0. The summed E-state index contributed by atoms with van der Waals surface area (Å²) in [5.74, 6) is 0.768. The van der Waals surface area contributed by atoms with Gasteiger partial charge in [0.2, 0.25) is 0 Å². The van der Waals surface area contributed by atoms with E-state index in [1.807, 2.05) is 36.4 Å². The summed E-state index contributed by atoms with van der Waals surface area (Å²) in [6.07, 6.45) is 3.56. The average molecular weight is 315 g/mol. The number of benzene rings is 1. The molecule has 0 atom stereocenters. The normalized spacial score (nSPS) is 10.6. The van der Waals surface area contributed by atoms with Gasteiger partial charge in [-0.15, -0.1) is 0 Å². The molecule has 0 fully saturated rings. The van der Waals surface area contributed by atoms with Crippen LogP contribution in [0.15, 0.2) is 53.3 Å². The molecule has 0 saturated carbocycles. The summed E-state index contributed by atoms with van der Waals surface area (Å²) in [5.41, 5.74) is 2.72. The molecule has 0 aliphatic rings. The number of aromatic nitrogens is 2. The quantitative estimate of drug-likeness (QED) is 0.715. The van der Waals surface area contributed by atoms with Crippen LogP contribution in [0.2, 0.25) is 0 Å². The Labute approximate surface area is 119 Å². The molecule has 1 aromatic carbocycles. The largest absolute Gasteiger partial charge is 0.494 e. The summed E-state index contributed by atoms with van der Waals surface area (Å²) in [5, 5.41) is 1.03. The van der Waals surface area contributed by atoms with Crippen molar-refractivity contribution < 1.29 is 4.74 Å². The fourth-order valence-corrected chi connectivity index (χ4v) is 2.45. The van der Waals surface area contributed by atoms with Crippen LogP contribution >= 0.6 is 15.9 Å². The molecule has 3 aromatic rings. The van der Waals surface area contributed by atoms with Crippen molar-refractivity contribution in [3.8, 4) is 17.0 Å². The van der Waals surface area contributed by atoms with Gasteiger partial charge in [0.05, 0.1) is 12.8 Å². The van der Waals surface area contributed by atoms with Crippen molar-refractivity contribution in [3.63, 3.8) is 0 Å². The molecule has 0 aliphatic carbocycles. The van der Waals surface area contributed by atoms with E-state index in [0.717, 1.165) is 32.4 Å². The van der Waals surface area contributed by atoms with Crippen molar-refractivity contribution in [2.75, 3.05) is 7.11 Å². The molecule has 0 unspecified atom stereocenters. The number of hydrogen-bond acceptors (Lipinski definition) is 3. The van der Waals surface area contributed by atoms with E-state index in [0.29, 0.717) is 0 Å². The monoisotopic (exact) mass is 314 g/mol. The Bertz CT molecular complexity index is 729. The standard InChI is InChI=1S/C15H11BrN2O/c1-19-14-7-5-12(16)11-4-6-13(18-15(11)14)10-3-2-8-17-9-10/h2-9H,1H3. The number of methoxy groups -OCH3 is 1. The highest BCUT2D eigenvalue weighted by molar-refractivity contribution is 9.10. The highest BCUT2D eigenvalue weighted by Gasteiger charge is 2.08. The van der Waals surface area contributed by atoms with Gasteiger partial charge in [-0.1, -0.05) is 15.9 Å². The van der Waals surface area contributed by atoms with Crippen LogP contribution in [-0.4, -0.2) is 17.1 Å². The first kappa shape index (κ1) is 12.1. The Morgan fingerprint density at radius 1 is 1.11 bits per heavy atom. The molecule has 3 nitrogen and oxygen atoms in total. The molecular weight excluding hydrogens is 304 g/mol. The van der Waals surface area contributed by atoms with E-state index in [2.05, 4.69) is 25.9 Å². The van der Waals surface area contributed by atoms with Crippen molar-refractivity contribution in [2.24, 2.45) is 0 Å². The molecule has 4 heteroatoms.